The molecule has 1 amide bonds. The highest BCUT2D eigenvalue weighted by Crippen LogP contribution is 2.24. The zero-order valence-electron chi connectivity index (χ0n) is 18.0. The molecule has 1 heterocycles. The molecular formula is C27H27ClN2O. The van der Waals surface area contributed by atoms with Crippen LogP contribution in [0.3, 0.4) is 0 Å². The highest BCUT2D eigenvalue weighted by Gasteiger charge is 2.11. The molecule has 3 nitrogen and oxygen atoms in total. The molecular weight excluding hydrogens is 404 g/mol. The molecule has 0 radical (unpaired) electrons. The van der Waals surface area contributed by atoms with Gasteiger partial charge in [0.1, 0.15) is 0 Å². The first-order chi connectivity index (χ1) is 15.0. The molecule has 4 rings (SSSR count). The van der Waals surface area contributed by atoms with Crippen molar-refractivity contribution in [3.8, 4) is 0 Å². The SMILES string of the molecule is Cc1ccc(C)c(Cn2cc(CCC(=O)NCc3ccc(Cl)cc3)c3ccccc32)c1. The first kappa shape index (κ1) is 21.2. The van der Waals surface area contributed by atoms with E-state index in [0.717, 1.165) is 12.1 Å². The van der Waals surface area contributed by atoms with E-state index in [4.69, 9.17) is 11.6 Å². The molecule has 0 saturated heterocycles. The van der Waals surface area contributed by atoms with E-state index in [0.29, 0.717) is 24.4 Å². The minimum Gasteiger partial charge on any atom is -0.352 e. The molecule has 0 spiro atoms. The topological polar surface area (TPSA) is 34.0 Å². The summed E-state index contributed by atoms with van der Waals surface area (Å²) >= 11 is 5.92. The van der Waals surface area contributed by atoms with Crippen molar-refractivity contribution in [2.24, 2.45) is 0 Å². The molecule has 4 heteroatoms. The van der Waals surface area contributed by atoms with Crippen molar-refractivity contribution >= 4 is 28.4 Å². The number of hydrogen-bond donors (Lipinski definition) is 1. The number of rotatable bonds is 7. The van der Waals surface area contributed by atoms with Crippen molar-refractivity contribution in [1.82, 2.24) is 9.88 Å². The van der Waals surface area contributed by atoms with Gasteiger partial charge >= 0.3 is 0 Å². The molecule has 0 atom stereocenters. The van der Waals surface area contributed by atoms with Crippen LogP contribution in [0.15, 0.2) is 72.9 Å². The third-order valence-corrected chi connectivity index (χ3v) is 5.99. The standard InChI is InChI=1S/C27H27ClN2O/c1-19-7-8-20(2)23(15-19)18-30-17-22(25-5-3-4-6-26(25)30)11-14-27(31)29-16-21-9-12-24(28)13-10-21/h3-10,12-13,15,17H,11,14,16,18H2,1-2H3,(H,29,31). The van der Waals surface area contributed by atoms with Crippen LogP contribution in [0.5, 0.6) is 0 Å². The maximum absolute atomic E-state index is 12.4. The van der Waals surface area contributed by atoms with Crippen molar-refractivity contribution in [2.45, 2.75) is 39.8 Å². The van der Waals surface area contributed by atoms with Gasteiger partial charge < -0.3 is 9.88 Å². The summed E-state index contributed by atoms with van der Waals surface area (Å²) in [6.45, 7) is 5.64. The highest BCUT2D eigenvalue weighted by atomic mass is 35.5. The van der Waals surface area contributed by atoms with Gasteiger partial charge in [-0.25, -0.2) is 0 Å². The maximum atomic E-state index is 12.4. The summed E-state index contributed by atoms with van der Waals surface area (Å²) in [5, 5.41) is 4.93. The van der Waals surface area contributed by atoms with Gasteiger partial charge in [-0.05, 0) is 60.7 Å². The van der Waals surface area contributed by atoms with Crippen LogP contribution in [0.25, 0.3) is 10.9 Å². The number of aryl methyl sites for hydroxylation is 3. The number of amides is 1. The Morgan fingerprint density at radius 3 is 2.55 bits per heavy atom. The summed E-state index contributed by atoms with van der Waals surface area (Å²) < 4.78 is 2.30. The lowest BCUT2D eigenvalue weighted by Crippen LogP contribution is -2.22. The van der Waals surface area contributed by atoms with Crippen molar-refractivity contribution in [2.75, 3.05) is 0 Å². The molecule has 0 saturated carbocycles. The zero-order valence-corrected chi connectivity index (χ0v) is 18.7. The maximum Gasteiger partial charge on any atom is 0.220 e. The number of fused-ring (bicyclic) bond motifs is 1. The van der Waals surface area contributed by atoms with Crippen LogP contribution in [0.1, 0.15) is 34.2 Å². The van der Waals surface area contributed by atoms with E-state index in [-0.39, 0.29) is 5.91 Å². The molecule has 0 bridgehead atoms. The number of nitrogens with zero attached hydrogens (tertiary/aromatic N) is 1. The lowest BCUT2D eigenvalue weighted by atomic mass is 10.1. The summed E-state index contributed by atoms with van der Waals surface area (Å²) in [5.74, 6) is 0.0568. The number of aromatic nitrogens is 1. The fourth-order valence-electron chi connectivity index (χ4n) is 3.95. The Hall–Kier alpha value is -3.04. The minimum atomic E-state index is 0.0568. The molecule has 3 aromatic carbocycles. The second kappa shape index (κ2) is 9.40. The minimum absolute atomic E-state index is 0.0568. The smallest absolute Gasteiger partial charge is 0.220 e. The van der Waals surface area contributed by atoms with Gasteiger partial charge in [0, 0.05) is 41.6 Å². The van der Waals surface area contributed by atoms with Crippen LogP contribution in [0.2, 0.25) is 5.02 Å². The largest absolute Gasteiger partial charge is 0.352 e. The molecule has 4 aromatic rings. The Morgan fingerprint density at radius 1 is 0.968 bits per heavy atom. The summed E-state index contributed by atoms with van der Waals surface area (Å²) in [5.41, 5.74) is 7.36. The summed E-state index contributed by atoms with van der Waals surface area (Å²) in [7, 11) is 0. The fraction of sp³-hybridized carbons (Fsp3) is 0.222. The van der Waals surface area contributed by atoms with E-state index in [1.165, 1.54) is 33.2 Å². The van der Waals surface area contributed by atoms with Crippen LogP contribution in [0, 0.1) is 13.8 Å². The van der Waals surface area contributed by atoms with E-state index in [1.807, 2.05) is 24.3 Å². The monoisotopic (exact) mass is 430 g/mol. The van der Waals surface area contributed by atoms with Gasteiger partial charge in [-0.15, -0.1) is 0 Å². The van der Waals surface area contributed by atoms with Crippen molar-refractivity contribution < 1.29 is 4.79 Å². The molecule has 1 aromatic heterocycles. The van der Waals surface area contributed by atoms with Crippen molar-refractivity contribution in [3.63, 3.8) is 0 Å². The molecule has 0 aliphatic carbocycles. The first-order valence-electron chi connectivity index (χ1n) is 10.6. The van der Waals surface area contributed by atoms with Crippen LogP contribution in [-0.2, 0) is 24.3 Å². The number of benzene rings is 3. The Bertz CT molecular complexity index is 1210. The van der Waals surface area contributed by atoms with Crippen LogP contribution in [-0.4, -0.2) is 10.5 Å². The third-order valence-electron chi connectivity index (χ3n) is 5.74. The average Bonchev–Trinajstić information content (AvgIpc) is 3.12. The van der Waals surface area contributed by atoms with Crippen LogP contribution in [0.4, 0.5) is 0 Å². The van der Waals surface area contributed by atoms with Gasteiger partial charge in [0.2, 0.25) is 5.91 Å². The van der Waals surface area contributed by atoms with Crippen molar-refractivity contribution in [3.05, 3.63) is 106 Å². The highest BCUT2D eigenvalue weighted by molar-refractivity contribution is 6.30. The van der Waals surface area contributed by atoms with Crippen molar-refractivity contribution in [1.29, 1.82) is 0 Å². The summed E-state index contributed by atoms with van der Waals surface area (Å²) in [4.78, 5) is 12.4. The first-order valence-corrected chi connectivity index (χ1v) is 11.0. The van der Waals surface area contributed by atoms with E-state index in [9.17, 15) is 4.79 Å². The quantitative estimate of drug-likeness (QED) is 0.371. The van der Waals surface area contributed by atoms with Gasteiger partial charge in [0.25, 0.3) is 0 Å². The molecule has 0 aliphatic rings. The number of carbonyl (C=O) groups is 1. The second-order valence-electron chi connectivity index (χ2n) is 8.13. The molecule has 0 aliphatic heterocycles. The number of halogens is 1. The molecule has 31 heavy (non-hydrogen) atoms. The van der Waals surface area contributed by atoms with E-state index in [1.54, 1.807) is 0 Å². The Balaban J connectivity index is 1.46. The zero-order chi connectivity index (χ0) is 21.8. The molecule has 0 fully saturated rings. The lowest BCUT2D eigenvalue weighted by molar-refractivity contribution is -0.121. The molecule has 158 valence electrons. The third kappa shape index (κ3) is 5.18. The van der Waals surface area contributed by atoms with Gasteiger partial charge in [-0.3, -0.25) is 4.79 Å². The normalized spacial score (nSPS) is 11.1. The van der Waals surface area contributed by atoms with E-state index in [2.05, 4.69) is 72.4 Å². The van der Waals surface area contributed by atoms with Crippen LogP contribution < -0.4 is 5.32 Å². The van der Waals surface area contributed by atoms with Gasteiger partial charge in [-0.2, -0.15) is 0 Å². The number of para-hydroxylation sites is 1. The lowest BCUT2D eigenvalue weighted by Gasteiger charge is -2.10. The summed E-state index contributed by atoms with van der Waals surface area (Å²) in [6, 6.07) is 22.6. The Morgan fingerprint density at radius 2 is 1.74 bits per heavy atom. The number of carbonyl (C=O) groups excluding carboxylic acids is 1. The predicted molar refractivity (Wildman–Crippen MR) is 129 cm³/mol. The molecule has 1 N–H and O–H groups in total. The Labute approximate surface area is 188 Å². The van der Waals surface area contributed by atoms with Crippen LogP contribution >= 0.6 is 11.6 Å². The van der Waals surface area contributed by atoms with Gasteiger partial charge in [0.05, 0.1) is 0 Å². The Kier molecular flexibility index (Phi) is 6.43. The van der Waals surface area contributed by atoms with Gasteiger partial charge in [0.15, 0.2) is 0 Å². The summed E-state index contributed by atoms with van der Waals surface area (Å²) in [6.07, 6.45) is 3.39. The second-order valence-corrected chi connectivity index (χ2v) is 8.57. The number of hydrogen-bond acceptors (Lipinski definition) is 1. The molecule has 0 unspecified atom stereocenters. The average molecular weight is 431 g/mol. The number of nitrogens with one attached hydrogen (secondary N) is 1. The van der Waals surface area contributed by atoms with E-state index < -0.39 is 0 Å². The van der Waals surface area contributed by atoms with Gasteiger partial charge in [-0.1, -0.05) is 65.7 Å². The predicted octanol–water partition coefficient (Wildman–Crippen LogP) is 6.21. The van der Waals surface area contributed by atoms with E-state index >= 15 is 0 Å². The fourth-order valence-corrected chi connectivity index (χ4v) is 4.07.